The summed E-state index contributed by atoms with van der Waals surface area (Å²) in [6.07, 6.45) is 4.14. The van der Waals surface area contributed by atoms with Gasteiger partial charge in [0, 0.05) is 12.5 Å². The molecule has 2 atom stereocenters. The Hall–Kier alpha value is -0.383. The molecule has 0 fully saturated rings. The highest BCUT2D eigenvalue weighted by atomic mass is 28.4. The number of rotatable bonds is 7. The summed E-state index contributed by atoms with van der Waals surface area (Å²) in [7, 11) is -1.65. The molecule has 0 rings (SSSR count). The van der Waals surface area contributed by atoms with Crippen molar-refractivity contribution < 1.29 is 9.53 Å². The van der Waals surface area contributed by atoms with Crippen LogP contribution in [0.15, 0.2) is 24.3 Å². The van der Waals surface area contributed by atoms with Crippen molar-refractivity contribution in [3.05, 3.63) is 24.3 Å². The lowest BCUT2D eigenvalue weighted by Crippen LogP contribution is -2.41. The second kappa shape index (κ2) is 7.41. The molecule has 0 aliphatic carbocycles. The second-order valence-corrected chi connectivity index (χ2v) is 11.8. The summed E-state index contributed by atoms with van der Waals surface area (Å²) >= 11 is 0. The first-order chi connectivity index (χ1) is 8.51. The normalized spacial score (nSPS) is 17.2. The molecule has 0 aliphatic rings. The lowest BCUT2D eigenvalue weighted by molar-refractivity contribution is 0.184. The third kappa shape index (κ3) is 6.55. The minimum atomic E-state index is -1.65. The second-order valence-electron chi connectivity index (χ2n) is 6.96. The lowest BCUT2D eigenvalue weighted by atomic mass is 10.0. The first-order valence-corrected chi connectivity index (χ1v) is 10.0. The van der Waals surface area contributed by atoms with Gasteiger partial charge in [-0.1, -0.05) is 45.4 Å². The van der Waals surface area contributed by atoms with Gasteiger partial charge in [0.25, 0.3) is 0 Å². The highest BCUT2D eigenvalue weighted by molar-refractivity contribution is 6.74. The molecule has 0 aromatic heterocycles. The quantitative estimate of drug-likeness (QED) is 0.550. The average Bonchev–Trinajstić information content (AvgIpc) is 2.25. The molecule has 0 amide bonds. The molecular formula is C16H32O2Si. The van der Waals surface area contributed by atoms with Gasteiger partial charge in [0.15, 0.2) is 8.32 Å². The molecule has 2 nitrogen and oxygen atoms in total. The monoisotopic (exact) mass is 284 g/mol. The van der Waals surface area contributed by atoms with E-state index in [1.807, 2.05) is 19.9 Å². The van der Waals surface area contributed by atoms with E-state index in [4.69, 9.17) is 4.43 Å². The van der Waals surface area contributed by atoms with Crippen molar-refractivity contribution in [3.63, 3.8) is 0 Å². The van der Waals surface area contributed by atoms with Crippen LogP contribution in [0.1, 0.15) is 41.0 Å². The first-order valence-electron chi connectivity index (χ1n) is 7.13. The summed E-state index contributed by atoms with van der Waals surface area (Å²) in [5.74, 6) is 0.0938. The van der Waals surface area contributed by atoms with Gasteiger partial charge in [-0.3, -0.25) is 0 Å². The third-order valence-electron chi connectivity index (χ3n) is 4.13. The van der Waals surface area contributed by atoms with Crippen LogP contribution in [0.4, 0.5) is 0 Å². The van der Waals surface area contributed by atoms with Gasteiger partial charge in [-0.15, -0.1) is 6.58 Å². The van der Waals surface area contributed by atoms with E-state index in [9.17, 15) is 5.11 Å². The summed E-state index contributed by atoms with van der Waals surface area (Å²) < 4.78 is 6.13. The van der Waals surface area contributed by atoms with Crippen LogP contribution in [0, 0.1) is 5.92 Å². The summed E-state index contributed by atoms with van der Waals surface area (Å²) in [5.41, 5.74) is 1.18. The predicted octanol–water partition coefficient (Wildman–Crippen LogP) is 4.53. The zero-order chi connectivity index (χ0) is 15.3. The van der Waals surface area contributed by atoms with E-state index in [1.54, 1.807) is 6.08 Å². The molecule has 3 heteroatoms. The number of aliphatic hydroxyl groups is 1. The Labute approximate surface area is 120 Å². The maximum Gasteiger partial charge on any atom is 0.191 e. The molecule has 0 saturated heterocycles. The molecule has 0 aromatic carbocycles. The zero-order valence-electron chi connectivity index (χ0n) is 13.8. The number of hydrogen-bond donors (Lipinski definition) is 1. The topological polar surface area (TPSA) is 29.5 Å². The fourth-order valence-corrected chi connectivity index (χ4v) is 2.40. The van der Waals surface area contributed by atoms with Crippen LogP contribution in [0.2, 0.25) is 18.1 Å². The average molecular weight is 285 g/mol. The Morgan fingerprint density at radius 1 is 1.37 bits per heavy atom. The van der Waals surface area contributed by atoms with Crippen LogP contribution in [0.3, 0.4) is 0 Å². The highest BCUT2D eigenvalue weighted by Gasteiger charge is 2.36. The van der Waals surface area contributed by atoms with Crippen molar-refractivity contribution in [1.82, 2.24) is 0 Å². The molecule has 112 valence electrons. The van der Waals surface area contributed by atoms with Gasteiger partial charge in [-0.05, 0) is 31.5 Å². The van der Waals surface area contributed by atoms with Crippen LogP contribution >= 0.6 is 0 Å². The summed E-state index contributed by atoms with van der Waals surface area (Å²) in [6.45, 7) is 19.7. The molecule has 0 heterocycles. The number of hydrogen-bond acceptors (Lipinski definition) is 2. The molecule has 19 heavy (non-hydrogen) atoms. The summed E-state index contributed by atoms with van der Waals surface area (Å²) in [4.78, 5) is 0. The molecule has 0 bridgehead atoms. The van der Waals surface area contributed by atoms with E-state index in [1.165, 1.54) is 5.57 Å². The Balaban J connectivity index is 4.29. The van der Waals surface area contributed by atoms with E-state index in [0.717, 1.165) is 13.0 Å². The first kappa shape index (κ1) is 18.6. The highest BCUT2D eigenvalue weighted by Crippen LogP contribution is 2.36. The zero-order valence-corrected chi connectivity index (χ0v) is 14.8. The van der Waals surface area contributed by atoms with E-state index in [-0.39, 0.29) is 11.0 Å². The Morgan fingerprint density at radius 3 is 2.32 bits per heavy atom. The Bertz CT molecular complexity index is 313. The SMILES string of the molecule is C=C[C@H](C)[C@H](O)/C=C(\C)CCO[Si](C)(C)C(C)(C)C. The molecule has 1 N–H and O–H groups in total. The van der Waals surface area contributed by atoms with Crippen LogP contribution in [-0.4, -0.2) is 26.1 Å². The minimum Gasteiger partial charge on any atom is -0.417 e. The molecule has 0 saturated carbocycles. The smallest absolute Gasteiger partial charge is 0.191 e. The lowest BCUT2D eigenvalue weighted by Gasteiger charge is -2.36. The van der Waals surface area contributed by atoms with Crippen LogP contribution < -0.4 is 0 Å². The fraction of sp³-hybridized carbons (Fsp3) is 0.750. The fourth-order valence-electron chi connectivity index (χ4n) is 1.35. The molecular weight excluding hydrogens is 252 g/mol. The largest absolute Gasteiger partial charge is 0.417 e. The van der Waals surface area contributed by atoms with E-state index in [2.05, 4.69) is 40.4 Å². The van der Waals surface area contributed by atoms with Gasteiger partial charge in [-0.25, -0.2) is 0 Å². The Kier molecular flexibility index (Phi) is 7.26. The van der Waals surface area contributed by atoms with Crippen LogP contribution in [-0.2, 0) is 4.43 Å². The van der Waals surface area contributed by atoms with Gasteiger partial charge < -0.3 is 9.53 Å². The summed E-state index contributed by atoms with van der Waals surface area (Å²) in [6, 6.07) is 0. The van der Waals surface area contributed by atoms with Gasteiger partial charge in [0.05, 0.1) is 6.10 Å². The molecule has 0 unspecified atom stereocenters. The van der Waals surface area contributed by atoms with E-state index in [0.29, 0.717) is 0 Å². The molecule has 0 spiro atoms. The van der Waals surface area contributed by atoms with Crippen molar-refractivity contribution in [2.75, 3.05) is 6.61 Å². The summed E-state index contributed by atoms with van der Waals surface area (Å²) in [5, 5.41) is 10.1. The van der Waals surface area contributed by atoms with Crippen LogP contribution in [0.25, 0.3) is 0 Å². The van der Waals surface area contributed by atoms with Crippen molar-refractivity contribution in [3.8, 4) is 0 Å². The van der Waals surface area contributed by atoms with Crippen molar-refractivity contribution in [2.24, 2.45) is 5.92 Å². The number of aliphatic hydroxyl groups excluding tert-OH is 1. The minimum absolute atomic E-state index is 0.0938. The maximum atomic E-state index is 9.90. The van der Waals surface area contributed by atoms with Crippen molar-refractivity contribution in [1.29, 1.82) is 0 Å². The molecule has 0 aromatic rings. The third-order valence-corrected chi connectivity index (χ3v) is 8.67. The molecule has 0 radical (unpaired) electrons. The van der Waals surface area contributed by atoms with Gasteiger partial charge in [0.2, 0.25) is 0 Å². The van der Waals surface area contributed by atoms with Crippen molar-refractivity contribution >= 4 is 8.32 Å². The van der Waals surface area contributed by atoms with Crippen LogP contribution in [0.5, 0.6) is 0 Å². The van der Waals surface area contributed by atoms with E-state index >= 15 is 0 Å². The van der Waals surface area contributed by atoms with Gasteiger partial charge in [0.1, 0.15) is 0 Å². The Morgan fingerprint density at radius 2 is 1.89 bits per heavy atom. The van der Waals surface area contributed by atoms with Gasteiger partial charge >= 0.3 is 0 Å². The standard InChI is InChI=1S/C16H32O2Si/c1-9-14(3)15(17)12-13(2)10-11-18-19(7,8)16(4,5)6/h9,12,14-15,17H,1,10-11H2,2-8H3/b13-12+/t14-,15+/m0/s1. The van der Waals surface area contributed by atoms with Gasteiger partial charge in [-0.2, -0.15) is 0 Å². The molecule has 0 aliphatic heterocycles. The van der Waals surface area contributed by atoms with E-state index < -0.39 is 14.4 Å². The van der Waals surface area contributed by atoms with Crippen molar-refractivity contribution in [2.45, 2.75) is 65.3 Å². The predicted molar refractivity (Wildman–Crippen MR) is 86.9 cm³/mol. The maximum absolute atomic E-state index is 9.90.